The summed E-state index contributed by atoms with van der Waals surface area (Å²) in [5, 5.41) is 13.3. The molecule has 160 valence electrons. The zero-order valence-electron chi connectivity index (χ0n) is 16.5. The number of aryl methyl sites for hydroxylation is 1. The Morgan fingerprint density at radius 3 is 2.44 bits per heavy atom. The number of carbonyl (C=O) groups is 3. The van der Waals surface area contributed by atoms with Crippen LogP contribution in [0.25, 0.3) is 17.4 Å². The van der Waals surface area contributed by atoms with Crippen LogP contribution >= 0.6 is 11.6 Å². The number of hydrogen-bond donors (Lipinski definition) is 1. The topological polar surface area (TPSA) is 123 Å². The molecule has 1 aliphatic heterocycles. The molecule has 3 aromatic rings. The first-order chi connectivity index (χ1) is 15.2. The standard InChI is InChI=1S/C22H14ClN3O6/c1-12-2-5-15(10-18(12)23)25-21(28)17(20(27)24-22(25)29)11-16-8-9-19(32-16)13-3-6-14(7-4-13)26(30)31/h2-11H,1H3,(H,24,27,29)/b17-11-. The maximum absolute atomic E-state index is 13.0. The number of nitrogens with zero attached hydrogens (tertiary/aromatic N) is 2. The average Bonchev–Trinajstić information content (AvgIpc) is 3.22. The number of barbiturate groups is 1. The van der Waals surface area contributed by atoms with Gasteiger partial charge in [0.05, 0.1) is 10.6 Å². The van der Waals surface area contributed by atoms with E-state index in [-0.39, 0.29) is 22.7 Å². The van der Waals surface area contributed by atoms with Crippen LogP contribution in [0.4, 0.5) is 16.2 Å². The Balaban J connectivity index is 1.65. The Kier molecular flexibility index (Phi) is 5.33. The van der Waals surface area contributed by atoms with E-state index in [4.69, 9.17) is 16.0 Å². The van der Waals surface area contributed by atoms with E-state index in [1.165, 1.54) is 42.5 Å². The first-order valence-corrected chi connectivity index (χ1v) is 9.64. The number of hydrogen-bond acceptors (Lipinski definition) is 6. The van der Waals surface area contributed by atoms with Crippen LogP contribution in [0.3, 0.4) is 0 Å². The molecule has 0 atom stereocenters. The van der Waals surface area contributed by atoms with Crippen molar-refractivity contribution in [2.24, 2.45) is 0 Å². The number of nitro benzene ring substituents is 1. The quantitative estimate of drug-likeness (QED) is 0.270. The lowest BCUT2D eigenvalue weighted by Crippen LogP contribution is -2.54. The monoisotopic (exact) mass is 451 g/mol. The van der Waals surface area contributed by atoms with Gasteiger partial charge in [0.25, 0.3) is 17.5 Å². The third-order valence-corrected chi connectivity index (χ3v) is 5.20. The molecule has 4 amide bonds. The Bertz CT molecular complexity index is 1310. The second kappa shape index (κ2) is 8.12. The summed E-state index contributed by atoms with van der Waals surface area (Å²) >= 11 is 6.11. The van der Waals surface area contributed by atoms with Crippen LogP contribution in [0.5, 0.6) is 0 Å². The summed E-state index contributed by atoms with van der Waals surface area (Å²) in [6.07, 6.45) is 1.22. The molecule has 0 radical (unpaired) electrons. The lowest BCUT2D eigenvalue weighted by molar-refractivity contribution is -0.384. The Morgan fingerprint density at radius 1 is 1.06 bits per heavy atom. The predicted octanol–water partition coefficient (Wildman–Crippen LogP) is 4.48. The average molecular weight is 452 g/mol. The molecule has 1 fully saturated rings. The smallest absolute Gasteiger partial charge is 0.335 e. The highest BCUT2D eigenvalue weighted by Crippen LogP contribution is 2.28. The molecule has 2 heterocycles. The number of anilines is 1. The number of benzene rings is 2. The number of furan rings is 1. The highest BCUT2D eigenvalue weighted by atomic mass is 35.5. The second-order valence-electron chi connectivity index (χ2n) is 6.90. The van der Waals surface area contributed by atoms with Gasteiger partial charge < -0.3 is 4.42 Å². The van der Waals surface area contributed by atoms with Gasteiger partial charge in [-0.15, -0.1) is 0 Å². The number of imide groups is 2. The van der Waals surface area contributed by atoms with Crippen molar-refractivity contribution >= 4 is 46.9 Å². The number of nitrogens with one attached hydrogen (secondary N) is 1. The lowest BCUT2D eigenvalue weighted by Gasteiger charge is -2.26. The number of amides is 4. The van der Waals surface area contributed by atoms with Crippen molar-refractivity contribution in [2.45, 2.75) is 6.92 Å². The predicted molar refractivity (Wildman–Crippen MR) is 116 cm³/mol. The fourth-order valence-electron chi connectivity index (χ4n) is 3.09. The normalized spacial score (nSPS) is 15.2. The van der Waals surface area contributed by atoms with Crippen LogP contribution in [0.15, 0.2) is 64.6 Å². The second-order valence-corrected chi connectivity index (χ2v) is 7.30. The zero-order chi connectivity index (χ0) is 23.0. The van der Waals surface area contributed by atoms with Gasteiger partial charge in [-0.05, 0) is 55.0 Å². The van der Waals surface area contributed by atoms with Crippen LogP contribution in [0.1, 0.15) is 11.3 Å². The summed E-state index contributed by atoms with van der Waals surface area (Å²) in [6, 6.07) is 12.6. The molecule has 32 heavy (non-hydrogen) atoms. The molecular formula is C22H14ClN3O6. The summed E-state index contributed by atoms with van der Waals surface area (Å²) in [5.74, 6) is -1.11. The Morgan fingerprint density at radius 2 is 1.78 bits per heavy atom. The van der Waals surface area contributed by atoms with Crippen LogP contribution < -0.4 is 10.2 Å². The number of halogens is 1. The maximum atomic E-state index is 13.0. The van der Waals surface area contributed by atoms with Gasteiger partial charge in [0.2, 0.25) is 0 Å². The molecular weight excluding hydrogens is 438 g/mol. The number of carbonyl (C=O) groups excluding carboxylic acids is 3. The molecule has 2 aromatic carbocycles. The van der Waals surface area contributed by atoms with E-state index in [9.17, 15) is 24.5 Å². The van der Waals surface area contributed by atoms with Gasteiger partial charge in [-0.2, -0.15) is 0 Å². The fourth-order valence-corrected chi connectivity index (χ4v) is 3.26. The highest BCUT2D eigenvalue weighted by Gasteiger charge is 2.37. The minimum atomic E-state index is -0.886. The van der Waals surface area contributed by atoms with E-state index in [2.05, 4.69) is 5.32 Å². The zero-order valence-corrected chi connectivity index (χ0v) is 17.3. The number of non-ortho nitro benzene ring substituents is 1. The van der Waals surface area contributed by atoms with Crippen molar-refractivity contribution in [2.75, 3.05) is 4.90 Å². The Hall–Kier alpha value is -4.24. The summed E-state index contributed by atoms with van der Waals surface area (Å²) in [7, 11) is 0. The molecule has 4 rings (SSSR count). The number of rotatable bonds is 4. The lowest BCUT2D eigenvalue weighted by atomic mass is 10.1. The van der Waals surface area contributed by atoms with E-state index in [1.807, 2.05) is 0 Å². The van der Waals surface area contributed by atoms with Gasteiger partial charge in [-0.25, -0.2) is 9.69 Å². The summed E-state index contributed by atoms with van der Waals surface area (Å²) in [4.78, 5) is 48.7. The van der Waals surface area contributed by atoms with Gasteiger partial charge in [0, 0.05) is 22.7 Å². The third kappa shape index (κ3) is 3.88. The van der Waals surface area contributed by atoms with Crippen molar-refractivity contribution in [1.82, 2.24) is 5.32 Å². The molecule has 0 aliphatic carbocycles. The molecule has 0 bridgehead atoms. The van der Waals surface area contributed by atoms with Gasteiger partial charge in [0.1, 0.15) is 17.1 Å². The molecule has 1 N–H and O–H groups in total. The van der Waals surface area contributed by atoms with Crippen molar-refractivity contribution < 1.29 is 23.7 Å². The first kappa shape index (κ1) is 21.0. The number of nitro groups is 1. The molecule has 1 aromatic heterocycles. The minimum absolute atomic E-state index is 0.0620. The van der Waals surface area contributed by atoms with E-state index in [0.29, 0.717) is 16.3 Å². The van der Waals surface area contributed by atoms with Crippen LogP contribution in [-0.2, 0) is 9.59 Å². The maximum Gasteiger partial charge on any atom is 0.335 e. The molecule has 10 heteroatoms. The largest absolute Gasteiger partial charge is 0.457 e. The minimum Gasteiger partial charge on any atom is -0.457 e. The van der Waals surface area contributed by atoms with Gasteiger partial charge in [-0.3, -0.25) is 25.0 Å². The molecule has 1 saturated heterocycles. The molecule has 1 aliphatic rings. The van der Waals surface area contributed by atoms with Crippen molar-refractivity contribution in [1.29, 1.82) is 0 Å². The van der Waals surface area contributed by atoms with Gasteiger partial charge in [0.15, 0.2) is 0 Å². The molecule has 0 spiro atoms. The molecule has 0 saturated carbocycles. The van der Waals surface area contributed by atoms with Crippen LogP contribution in [-0.4, -0.2) is 22.8 Å². The Labute approximate surface area is 186 Å². The summed E-state index contributed by atoms with van der Waals surface area (Å²) in [6.45, 7) is 1.78. The van der Waals surface area contributed by atoms with Gasteiger partial charge in [-0.1, -0.05) is 17.7 Å². The third-order valence-electron chi connectivity index (χ3n) is 4.79. The molecule has 9 nitrogen and oxygen atoms in total. The summed E-state index contributed by atoms with van der Waals surface area (Å²) < 4.78 is 5.67. The van der Waals surface area contributed by atoms with Crippen molar-refractivity contribution in [3.05, 3.63) is 86.6 Å². The highest BCUT2D eigenvalue weighted by molar-refractivity contribution is 6.39. The first-order valence-electron chi connectivity index (χ1n) is 9.27. The fraction of sp³-hybridized carbons (Fsp3) is 0.0455. The SMILES string of the molecule is Cc1ccc(N2C(=O)NC(=O)/C(=C/c3ccc(-c4ccc([N+](=O)[O-])cc4)o3)C2=O)cc1Cl. The van der Waals surface area contributed by atoms with Crippen molar-refractivity contribution in [3.63, 3.8) is 0 Å². The van der Waals surface area contributed by atoms with Crippen LogP contribution in [0.2, 0.25) is 5.02 Å². The molecule has 0 unspecified atom stereocenters. The van der Waals surface area contributed by atoms with E-state index in [1.54, 1.807) is 25.1 Å². The van der Waals surface area contributed by atoms with Gasteiger partial charge >= 0.3 is 6.03 Å². The van der Waals surface area contributed by atoms with Crippen molar-refractivity contribution in [3.8, 4) is 11.3 Å². The van der Waals surface area contributed by atoms with E-state index < -0.39 is 22.8 Å². The van der Waals surface area contributed by atoms with E-state index in [0.717, 1.165) is 10.5 Å². The van der Waals surface area contributed by atoms with E-state index >= 15 is 0 Å². The summed E-state index contributed by atoms with van der Waals surface area (Å²) in [5.41, 5.74) is 1.19. The van der Waals surface area contributed by atoms with Crippen LogP contribution in [0, 0.1) is 17.0 Å². The number of urea groups is 1.